The monoisotopic (exact) mass is 253 g/mol. The molecule has 0 aromatic heterocycles. The van der Waals surface area contributed by atoms with Crippen molar-refractivity contribution >= 4 is 12.4 Å². The summed E-state index contributed by atoms with van der Waals surface area (Å²) in [4.78, 5) is 0. The molecule has 4 N–H and O–H groups in total. The van der Waals surface area contributed by atoms with Gasteiger partial charge in [-0.05, 0) is 12.3 Å². The van der Waals surface area contributed by atoms with Gasteiger partial charge in [0.05, 0.1) is 0 Å². The lowest BCUT2D eigenvalue weighted by Gasteiger charge is -2.20. The van der Waals surface area contributed by atoms with Gasteiger partial charge in [-0.1, -0.05) is 46.0 Å². The lowest BCUT2D eigenvalue weighted by Crippen LogP contribution is -2.30. The third-order valence-corrected chi connectivity index (χ3v) is 2.95. The molecule has 16 heavy (non-hydrogen) atoms. The summed E-state index contributed by atoms with van der Waals surface area (Å²) in [5.41, 5.74) is 5.96. The summed E-state index contributed by atoms with van der Waals surface area (Å²) in [7, 11) is 0. The van der Waals surface area contributed by atoms with Gasteiger partial charge in [-0.25, -0.2) is 0 Å². The van der Waals surface area contributed by atoms with Crippen LogP contribution in [-0.2, 0) is 0 Å². The fourth-order valence-electron chi connectivity index (χ4n) is 1.78. The average molecular weight is 254 g/mol. The van der Waals surface area contributed by atoms with Gasteiger partial charge in [0, 0.05) is 12.5 Å². The molecule has 0 aliphatic carbocycles. The highest BCUT2D eigenvalue weighted by atomic mass is 35.5. The zero-order valence-corrected chi connectivity index (χ0v) is 11.4. The first-order valence-corrected chi connectivity index (χ1v) is 6.19. The normalized spacial score (nSPS) is 14.6. The standard InChI is InChI=1S/C12H27NO2.ClH/c1-3-4-5-6-7-8-11(13)10(2)9-12(14)15;/h10-12,14-15H,3-9,13H2,1-2H3;1H. The Labute approximate surface area is 106 Å². The van der Waals surface area contributed by atoms with Gasteiger partial charge in [-0.3, -0.25) is 0 Å². The number of aliphatic hydroxyl groups is 2. The largest absolute Gasteiger partial charge is 0.368 e. The van der Waals surface area contributed by atoms with Crippen LogP contribution in [0.3, 0.4) is 0 Å². The van der Waals surface area contributed by atoms with Crippen molar-refractivity contribution in [2.24, 2.45) is 11.7 Å². The molecule has 2 unspecified atom stereocenters. The summed E-state index contributed by atoms with van der Waals surface area (Å²) in [6.07, 6.45) is 6.43. The highest BCUT2D eigenvalue weighted by Crippen LogP contribution is 2.14. The van der Waals surface area contributed by atoms with Crippen LogP contribution in [0, 0.1) is 5.92 Å². The van der Waals surface area contributed by atoms with Crippen molar-refractivity contribution in [2.75, 3.05) is 0 Å². The second-order valence-electron chi connectivity index (χ2n) is 4.56. The predicted molar refractivity (Wildman–Crippen MR) is 70.6 cm³/mol. The highest BCUT2D eigenvalue weighted by Gasteiger charge is 2.14. The molecule has 0 amide bonds. The zero-order valence-electron chi connectivity index (χ0n) is 10.6. The van der Waals surface area contributed by atoms with Crippen molar-refractivity contribution in [3.05, 3.63) is 0 Å². The van der Waals surface area contributed by atoms with E-state index in [2.05, 4.69) is 6.92 Å². The SMILES string of the molecule is CCCCCCCC(N)C(C)CC(O)O.Cl. The molecule has 0 aromatic carbocycles. The van der Waals surface area contributed by atoms with Crippen LogP contribution >= 0.6 is 12.4 Å². The van der Waals surface area contributed by atoms with E-state index >= 15 is 0 Å². The van der Waals surface area contributed by atoms with E-state index in [1.807, 2.05) is 6.92 Å². The molecule has 0 aromatic rings. The topological polar surface area (TPSA) is 66.5 Å². The van der Waals surface area contributed by atoms with Crippen molar-refractivity contribution in [1.29, 1.82) is 0 Å². The molecule has 100 valence electrons. The Hall–Kier alpha value is 0.170. The number of unbranched alkanes of at least 4 members (excludes halogenated alkanes) is 4. The smallest absolute Gasteiger partial charge is 0.151 e. The van der Waals surface area contributed by atoms with Crippen molar-refractivity contribution < 1.29 is 10.2 Å². The molecule has 4 heteroatoms. The molecule has 0 spiro atoms. The molecule has 0 saturated heterocycles. The highest BCUT2D eigenvalue weighted by molar-refractivity contribution is 5.85. The Bertz CT molecular complexity index is 145. The number of nitrogens with two attached hydrogens (primary N) is 1. The third-order valence-electron chi connectivity index (χ3n) is 2.95. The van der Waals surface area contributed by atoms with Crippen LogP contribution in [0.15, 0.2) is 0 Å². The summed E-state index contributed by atoms with van der Waals surface area (Å²) >= 11 is 0. The molecule has 2 atom stereocenters. The maximum atomic E-state index is 8.81. The molecular formula is C12H28ClNO2. The molecular weight excluding hydrogens is 226 g/mol. The lowest BCUT2D eigenvalue weighted by atomic mass is 9.94. The maximum Gasteiger partial charge on any atom is 0.151 e. The molecule has 0 aliphatic heterocycles. The lowest BCUT2D eigenvalue weighted by molar-refractivity contribution is -0.0566. The number of rotatable bonds is 9. The zero-order chi connectivity index (χ0) is 11.7. The first-order valence-electron chi connectivity index (χ1n) is 6.19. The van der Waals surface area contributed by atoms with E-state index in [0.29, 0.717) is 6.42 Å². The Kier molecular flexibility index (Phi) is 13.5. The second-order valence-corrected chi connectivity index (χ2v) is 4.56. The Balaban J connectivity index is 0. The number of aliphatic hydroxyl groups excluding tert-OH is 1. The molecule has 0 saturated carbocycles. The molecule has 0 aliphatic rings. The molecule has 0 radical (unpaired) electrons. The summed E-state index contributed by atoms with van der Waals surface area (Å²) < 4.78 is 0. The van der Waals surface area contributed by atoms with E-state index in [4.69, 9.17) is 15.9 Å². The molecule has 0 fully saturated rings. The van der Waals surface area contributed by atoms with E-state index < -0.39 is 6.29 Å². The van der Waals surface area contributed by atoms with E-state index in [0.717, 1.165) is 12.8 Å². The van der Waals surface area contributed by atoms with Crippen LogP contribution in [0.4, 0.5) is 0 Å². The first-order chi connectivity index (χ1) is 7.07. The van der Waals surface area contributed by atoms with Gasteiger partial charge in [-0.2, -0.15) is 0 Å². The first kappa shape index (κ1) is 18.5. The van der Waals surface area contributed by atoms with Crippen molar-refractivity contribution in [1.82, 2.24) is 0 Å². The van der Waals surface area contributed by atoms with Crippen LogP contribution in [0.5, 0.6) is 0 Å². The summed E-state index contributed by atoms with van der Waals surface area (Å²) in [6.45, 7) is 4.19. The van der Waals surface area contributed by atoms with Gasteiger partial charge in [-0.15, -0.1) is 12.4 Å². The fraction of sp³-hybridized carbons (Fsp3) is 1.00. The van der Waals surface area contributed by atoms with Crippen molar-refractivity contribution in [3.8, 4) is 0 Å². The van der Waals surface area contributed by atoms with Gasteiger partial charge in [0.25, 0.3) is 0 Å². The van der Waals surface area contributed by atoms with Crippen molar-refractivity contribution in [3.63, 3.8) is 0 Å². The van der Waals surface area contributed by atoms with Crippen LogP contribution in [-0.4, -0.2) is 22.5 Å². The Morgan fingerprint density at radius 1 is 1.06 bits per heavy atom. The average Bonchev–Trinajstić information content (AvgIpc) is 2.16. The van der Waals surface area contributed by atoms with E-state index in [9.17, 15) is 0 Å². The summed E-state index contributed by atoms with van der Waals surface area (Å²) in [5.74, 6) is 0.191. The van der Waals surface area contributed by atoms with Gasteiger partial charge >= 0.3 is 0 Å². The van der Waals surface area contributed by atoms with Crippen LogP contribution in [0.25, 0.3) is 0 Å². The molecule has 3 nitrogen and oxygen atoms in total. The van der Waals surface area contributed by atoms with E-state index in [1.165, 1.54) is 25.7 Å². The quantitative estimate of drug-likeness (QED) is 0.437. The Morgan fingerprint density at radius 3 is 2.12 bits per heavy atom. The van der Waals surface area contributed by atoms with Crippen LogP contribution in [0.2, 0.25) is 0 Å². The minimum atomic E-state index is -1.22. The molecule has 0 heterocycles. The number of hydrogen-bond donors (Lipinski definition) is 3. The number of halogens is 1. The van der Waals surface area contributed by atoms with E-state index in [-0.39, 0.29) is 24.4 Å². The van der Waals surface area contributed by atoms with Crippen LogP contribution < -0.4 is 5.73 Å². The van der Waals surface area contributed by atoms with Crippen LogP contribution in [0.1, 0.15) is 58.8 Å². The minimum Gasteiger partial charge on any atom is -0.368 e. The van der Waals surface area contributed by atoms with Gasteiger partial charge in [0.15, 0.2) is 6.29 Å². The predicted octanol–water partition coefficient (Wildman–Crippen LogP) is 2.43. The fourth-order valence-corrected chi connectivity index (χ4v) is 1.78. The van der Waals surface area contributed by atoms with Gasteiger partial charge in [0.2, 0.25) is 0 Å². The number of hydrogen-bond acceptors (Lipinski definition) is 3. The Morgan fingerprint density at radius 2 is 1.62 bits per heavy atom. The van der Waals surface area contributed by atoms with E-state index in [1.54, 1.807) is 0 Å². The molecule has 0 rings (SSSR count). The summed E-state index contributed by atoms with van der Waals surface area (Å²) in [5, 5.41) is 17.6. The minimum absolute atomic E-state index is 0. The van der Waals surface area contributed by atoms with Gasteiger partial charge < -0.3 is 15.9 Å². The second kappa shape index (κ2) is 11.6. The maximum absolute atomic E-state index is 8.81. The third kappa shape index (κ3) is 10.7. The van der Waals surface area contributed by atoms with Gasteiger partial charge in [0.1, 0.15) is 0 Å². The molecule has 0 bridgehead atoms. The van der Waals surface area contributed by atoms with Crippen molar-refractivity contribution in [2.45, 2.75) is 71.1 Å². The summed E-state index contributed by atoms with van der Waals surface area (Å²) in [6, 6.07) is 0.105.